The highest BCUT2D eigenvalue weighted by Crippen LogP contribution is 2.27. The minimum atomic E-state index is -2.90. The molecule has 0 atom stereocenters. The number of sulfone groups is 1. The molecule has 0 amide bonds. The molecular weight excluding hydrogens is 302 g/mol. The molecule has 1 aromatic rings. The van der Waals surface area contributed by atoms with E-state index >= 15 is 0 Å². The van der Waals surface area contributed by atoms with Crippen molar-refractivity contribution in [2.45, 2.75) is 30.3 Å². The van der Waals surface area contributed by atoms with Crippen molar-refractivity contribution in [3.05, 3.63) is 28.8 Å². The Hall–Kier alpha value is -0.230. The number of benzene rings is 1. The van der Waals surface area contributed by atoms with E-state index in [1.807, 2.05) is 18.2 Å². The zero-order chi connectivity index (χ0) is 13.9. The lowest BCUT2D eigenvalue weighted by molar-refractivity contribution is 0.603. The number of nitrogens with one attached hydrogen (secondary N) is 1. The van der Waals surface area contributed by atoms with Crippen LogP contribution in [0.1, 0.15) is 18.4 Å². The monoisotopic (exact) mass is 319 g/mol. The van der Waals surface area contributed by atoms with Crippen LogP contribution in [0.4, 0.5) is 0 Å². The summed E-state index contributed by atoms with van der Waals surface area (Å²) in [4.78, 5) is 1.07. The Morgan fingerprint density at radius 3 is 2.79 bits per heavy atom. The maximum absolute atomic E-state index is 11.1. The molecule has 3 nitrogen and oxygen atoms in total. The van der Waals surface area contributed by atoms with E-state index in [0.717, 1.165) is 11.4 Å². The molecule has 1 fully saturated rings. The molecule has 2 rings (SSSR count). The van der Waals surface area contributed by atoms with E-state index in [2.05, 4.69) is 5.32 Å². The van der Waals surface area contributed by atoms with E-state index in [0.29, 0.717) is 16.8 Å². The molecule has 1 aromatic carbocycles. The molecule has 1 saturated carbocycles. The molecule has 1 aliphatic carbocycles. The molecule has 1 aliphatic rings. The van der Waals surface area contributed by atoms with Crippen LogP contribution in [0.3, 0.4) is 0 Å². The van der Waals surface area contributed by atoms with E-state index in [1.54, 1.807) is 11.8 Å². The first-order valence-corrected chi connectivity index (χ1v) is 9.69. The minimum absolute atomic E-state index is 0.194. The Morgan fingerprint density at radius 2 is 2.16 bits per heavy atom. The Labute approximate surface area is 124 Å². The van der Waals surface area contributed by atoms with E-state index in [1.165, 1.54) is 24.7 Å². The molecule has 19 heavy (non-hydrogen) atoms. The van der Waals surface area contributed by atoms with Crippen molar-refractivity contribution in [1.29, 1.82) is 0 Å². The molecule has 6 heteroatoms. The van der Waals surface area contributed by atoms with Gasteiger partial charge in [0.15, 0.2) is 0 Å². The summed E-state index contributed by atoms with van der Waals surface area (Å²) in [6.07, 6.45) is 3.77. The lowest BCUT2D eigenvalue weighted by atomic mass is 10.2. The van der Waals surface area contributed by atoms with Crippen LogP contribution in [0.15, 0.2) is 23.1 Å². The quantitative estimate of drug-likeness (QED) is 0.785. The smallest absolute Gasteiger partial charge is 0.148 e. The molecule has 0 saturated heterocycles. The van der Waals surface area contributed by atoms with Crippen molar-refractivity contribution >= 4 is 33.2 Å². The Bertz CT molecular complexity index is 542. The van der Waals surface area contributed by atoms with Crippen molar-refractivity contribution in [1.82, 2.24) is 5.32 Å². The molecule has 0 spiro atoms. The zero-order valence-corrected chi connectivity index (χ0v) is 13.2. The number of thioether (sulfide) groups is 1. The highest BCUT2D eigenvalue weighted by atomic mass is 35.5. The fourth-order valence-electron chi connectivity index (χ4n) is 1.65. The van der Waals surface area contributed by atoms with Gasteiger partial charge in [0.2, 0.25) is 0 Å². The van der Waals surface area contributed by atoms with Crippen LogP contribution in [-0.2, 0) is 16.4 Å². The van der Waals surface area contributed by atoms with Gasteiger partial charge in [-0.2, -0.15) is 0 Å². The van der Waals surface area contributed by atoms with Crippen LogP contribution in [0.25, 0.3) is 0 Å². The molecule has 0 radical (unpaired) electrons. The van der Waals surface area contributed by atoms with E-state index in [9.17, 15) is 8.42 Å². The van der Waals surface area contributed by atoms with Gasteiger partial charge in [0.05, 0.1) is 5.75 Å². The van der Waals surface area contributed by atoms with Crippen molar-refractivity contribution in [3.8, 4) is 0 Å². The summed E-state index contributed by atoms with van der Waals surface area (Å²) in [5.74, 6) is 0.759. The number of halogens is 1. The predicted octanol–water partition coefficient (Wildman–Crippen LogP) is 2.73. The van der Waals surface area contributed by atoms with Crippen LogP contribution in [0.2, 0.25) is 5.02 Å². The maximum atomic E-state index is 11.1. The summed E-state index contributed by atoms with van der Waals surface area (Å²) >= 11 is 7.57. The van der Waals surface area contributed by atoms with E-state index in [-0.39, 0.29) is 5.75 Å². The van der Waals surface area contributed by atoms with E-state index in [4.69, 9.17) is 11.6 Å². The van der Waals surface area contributed by atoms with Gasteiger partial charge in [-0.15, -0.1) is 11.8 Å². The SMILES string of the molecule is CS(=O)(=O)CCSc1cc(Cl)ccc1CNC1CC1. The number of hydrogen-bond donors (Lipinski definition) is 1. The molecule has 106 valence electrons. The summed E-state index contributed by atoms with van der Waals surface area (Å²) < 4.78 is 22.3. The Morgan fingerprint density at radius 1 is 1.42 bits per heavy atom. The van der Waals surface area contributed by atoms with Gasteiger partial charge in [0, 0.05) is 34.5 Å². The number of rotatable bonds is 7. The zero-order valence-electron chi connectivity index (χ0n) is 10.9. The lowest BCUT2D eigenvalue weighted by Crippen LogP contribution is -2.16. The normalized spacial score (nSPS) is 15.7. The number of hydrogen-bond acceptors (Lipinski definition) is 4. The van der Waals surface area contributed by atoms with Crippen molar-refractivity contribution in [2.24, 2.45) is 0 Å². The van der Waals surface area contributed by atoms with Crippen LogP contribution < -0.4 is 5.32 Å². The molecule has 0 unspecified atom stereocenters. The predicted molar refractivity (Wildman–Crippen MR) is 81.7 cm³/mol. The highest BCUT2D eigenvalue weighted by Gasteiger charge is 2.20. The van der Waals surface area contributed by atoms with Crippen LogP contribution >= 0.6 is 23.4 Å². The van der Waals surface area contributed by atoms with Gasteiger partial charge in [-0.1, -0.05) is 17.7 Å². The standard InChI is InChI=1S/C13H18ClNO2S2/c1-19(16,17)7-6-18-13-8-11(14)3-2-10(13)9-15-12-4-5-12/h2-3,8,12,15H,4-7,9H2,1H3. The summed E-state index contributed by atoms with van der Waals surface area (Å²) in [6.45, 7) is 0.822. The van der Waals surface area contributed by atoms with Crippen LogP contribution in [-0.4, -0.2) is 32.2 Å². The molecule has 1 N–H and O–H groups in total. The average Bonchev–Trinajstić information content (AvgIpc) is 3.10. The van der Waals surface area contributed by atoms with Gasteiger partial charge < -0.3 is 5.32 Å². The minimum Gasteiger partial charge on any atom is -0.310 e. The van der Waals surface area contributed by atoms with E-state index < -0.39 is 9.84 Å². The van der Waals surface area contributed by atoms with Crippen molar-refractivity contribution < 1.29 is 8.42 Å². The first-order valence-electron chi connectivity index (χ1n) is 6.26. The van der Waals surface area contributed by atoms with Crippen LogP contribution in [0.5, 0.6) is 0 Å². The molecule has 0 aliphatic heterocycles. The Kier molecular flexibility index (Phi) is 5.17. The van der Waals surface area contributed by atoms with Gasteiger partial charge in [-0.25, -0.2) is 8.42 Å². The van der Waals surface area contributed by atoms with Gasteiger partial charge in [0.1, 0.15) is 9.84 Å². The second-order valence-electron chi connectivity index (χ2n) is 4.89. The molecular formula is C13H18ClNO2S2. The van der Waals surface area contributed by atoms with Gasteiger partial charge in [0.25, 0.3) is 0 Å². The summed E-state index contributed by atoms with van der Waals surface area (Å²) in [6, 6.07) is 6.47. The average molecular weight is 320 g/mol. The summed E-state index contributed by atoms with van der Waals surface area (Å²) in [5, 5.41) is 4.16. The Balaban J connectivity index is 1.97. The van der Waals surface area contributed by atoms with Crippen molar-refractivity contribution in [3.63, 3.8) is 0 Å². The van der Waals surface area contributed by atoms with Gasteiger partial charge in [-0.05, 0) is 30.5 Å². The van der Waals surface area contributed by atoms with Crippen LogP contribution in [0, 0.1) is 0 Å². The fraction of sp³-hybridized carbons (Fsp3) is 0.538. The third kappa shape index (κ3) is 5.73. The summed E-state index contributed by atoms with van der Waals surface area (Å²) in [5.41, 5.74) is 1.19. The second kappa shape index (κ2) is 6.48. The summed E-state index contributed by atoms with van der Waals surface area (Å²) in [7, 11) is -2.90. The van der Waals surface area contributed by atoms with Gasteiger partial charge in [-0.3, -0.25) is 0 Å². The lowest BCUT2D eigenvalue weighted by Gasteiger charge is -2.10. The molecule has 0 aromatic heterocycles. The molecule has 0 bridgehead atoms. The topological polar surface area (TPSA) is 46.2 Å². The van der Waals surface area contributed by atoms with Gasteiger partial charge >= 0.3 is 0 Å². The second-order valence-corrected chi connectivity index (χ2v) is 8.72. The highest BCUT2D eigenvalue weighted by molar-refractivity contribution is 8.00. The first kappa shape index (κ1) is 15.2. The largest absolute Gasteiger partial charge is 0.310 e. The maximum Gasteiger partial charge on any atom is 0.148 e. The molecule has 0 heterocycles. The third-order valence-corrected chi connectivity index (χ3v) is 5.44. The third-order valence-electron chi connectivity index (χ3n) is 2.90. The first-order chi connectivity index (χ1) is 8.94. The fourth-order valence-corrected chi connectivity index (χ4v) is 4.19. The van der Waals surface area contributed by atoms with Crippen molar-refractivity contribution in [2.75, 3.05) is 17.8 Å².